The van der Waals surface area contributed by atoms with Crippen molar-refractivity contribution in [3.63, 3.8) is 0 Å². The zero-order valence-corrected chi connectivity index (χ0v) is 16.9. The molecule has 2 aromatic carbocycles. The molecule has 3 heterocycles. The number of rotatable bonds is 3. The zero-order chi connectivity index (χ0) is 22.5. The second-order valence-electron chi connectivity index (χ2n) is 7.42. The predicted molar refractivity (Wildman–Crippen MR) is 110 cm³/mol. The van der Waals surface area contributed by atoms with Gasteiger partial charge in [0.05, 0.1) is 30.5 Å². The molecule has 0 unspecified atom stereocenters. The number of nitrogens with one attached hydrogen (secondary N) is 1. The van der Waals surface area contributed by atoms with Gasteiger partial charge in [0.1, 0.15) is 29.4 Å². The highest BCUT2D eigenvalue weighted by Gasteiger charge is 2.37. The Morgan fingerprint density at radius 3 is 2.81 bits per heavy atom. The van der Waals surface area contributed by atoms with Gasteiger partial charge in [0.25, 0.3) is 0 Å². The van der Waals surface area contributed by atoms with Crippen LogP contribution in [-0.2, 0) is 17.5 Å². The summed E-state index contributed by atoms with van der Waals surface area (Å²) in [6.07, 6.45) is -3.63. The van der Waals surface area contributed by atoms with Crippen molar-refractivity contribution in [1.82, 2.24) is 14.5 Å². The molecular weight excluding hydrogens is 421 g/mol. The Balaban J connectivity index is 1.61. The number of aromatic amines is 1. The van der Waals surface area contributed by atoms with Gasteiger partial charge >= 0.3 is 6.18 Å². The van der Waals surface area contributed by atoms with Crippen LogP contribution in [0.4, 0.5) is 13.2 Å². The fourth-order valence-corrected chi connectivity index (χ4v) is 4.13. The predicted octanol–water partition coefficient (Wildman–Crippen LogP) is 5.05. The Hall–Kier alpha value is -3.77. The van der Waals surface area contributed by atoms with Gasteiger partial charge < -0.3 is 19.0 Å². The standard InChI is InChI=1S/C23H17F3N4O2/c1-31-20-13(11-27)6-7-17-15(20)10-18(28-17)19-12-30-8-9-32-21(22(30)29-19)14-4-2-3-5-16(14)23(24,25)26/h2-7,10,12,21,28H,8-9H2,1H3/t21-/m1/s1. The molecule has 0 saturated carbocycles. The second-order valence-corrected chi connectivity index (χ2v) is 7.42. The maximum absolute atomic E-state index is 13.6. The number of benzene rings is 2. The first-order chi connectivity index (χ1) is 15.4. The van der Waals surface area contributed by atoms with E-state index < -0.39 is 17.8 Å². The average Bonchev–Trinajstić information content (AvgIpc) is 3.41. The fourth-order valence-electron chi connectivity index (χ4n) is 4.13. The van der Waals surface area contributed by atoms with Crippen molar-refractivity contribution in [3.05, 3.63) is 71.2 Å². The average molecular weight is 438 g/mol. The molecule has 1 atom stereocenters. The van der Waals surface area contributed by atoms with E-state index in [1.54, 1.807) is 24.4 Å². The first-order valence-electron chi connectivity index (χ1n) is 9.85. The van der Waals surface area contributed by atoms with E-state index in [0.717, 1.165) is 17.0 Å². The largest absolute Gasteiger partial charge is 0.495 e. The Labute approximate surface area is 180 Å². The molecule has 0 fully saturated rings. The van der Waals surface area contributed by atoms with E-state index in [9.17, 15) is 18.4 Å². The first kappa shape index (κ1) is 20.2. The van der Waals surface area contributed by atoms with Gasteiger partial charge in [0, 0.05) is 29.2 Å². The fraction of sp³-hybridized carbons (Fsp3) is 0.217. The van der Waals surface area contributed by atoms with Gasteiger partial charge in [-0.2, -0.15) is 18.4 Å². The molecule has 0 saturated heterocycles. The second kappa shape index (κ2) is 7.43. The molecule has 32 heavy (non-hydrogen) atoms. The molecule has 1 N–H and O–H groups in total. The van der Waals surface area contributed by atoms with E-state index in [-0.39, 0.29) is 12.2 Å². The molecule has 0 bridgehead atoms. The summed E-state index contributed by atoms with van der Waals surface area (Å²) >= 11 is 0. The third-order valence-corrected chi connectivity index (χ3v) is 5.56. The molecule has 4 aromatic rings. The van der Waals surface area contributed by atoms with E-state index in [2.05, 4.69) is 16.0 Å². The van der Waals surface area contributed by atoms with E-state index in [1.807, 2.05) is 10.6 Å². The molecular formula is C23H17F3N4O2. The van der Waals surface area contributed by atoms with E-state index >= 15 is 0 Å². The van der Waals surface area contributed by atoms with Crippen molar-refractivity contribution in [2.24, 2.45) is 0 Å². The molecule has 1 aliphatic heterocycles. The van der Waals surface area contributed by atoms with Gasteiger partial charge in [-0.1, -0.05) is 18.2 Å². The lowest BCUT2D eigenvalue weighted by Gasteiger charge is -2.26. The third-order valence-electron chi connectivity index (χ3n) is 5.56. The van der Waals surface area contributed by atoms with Crippen LogP contribution < -0.4 is 4.74 Å². The number of methoxy groups -OCH3 is 1. The molecule has 1 aliphatic rings. The van der Waals surface area contributed by atoms with Crippen LogP contribution in [0.15, 0.2) is 48.7 Å². The third kappa shape index (κ3) is 3.20. The Morgan fingerprint density at radius 1 is 1.25 bits per heavy atom. The van der Waals surface area contributed by atoms with Gasteiger partial charge in [-0.05, 0) is 24.3 Å². The minimum Gasteiger partial charge on any atom is -0.495 e. The van der Waals surface area contributed by atoms with Crippen molar-refractivity contribution in [2.45, 2.75) is 18.8 Å². The number of alkyl halides is 3. The topological polar surface area (TPSA) is 75.9 Å². The number of H-pyrrole nitrogens is 1. The molecule has 2 aromatic heterocycles. The van der Waals surface area contributed by atoms with Gasteiger partial charge in [0.2, 0.25) is 0 Å². The highest BCUT2D eigenvalue weighted by molar-refractivity contribution is 5.92. The molecule has 5 rings (SSSR count). The normalized spacial score (nSPS) is 16.0. The van der Waals surface area contributed by atoms with Crippen molar-refractivity contribution < 1.29 is 22.6 Å². The molecule has 0 aliphatic carbocycles. The van der Waals surface area contributed by atoms with Crippen molar-refractivity contribution in [2.75, 3.05) is 13.7 Å². The summed E-state index contributed by atoms with van der Waals surface area (Å²) in [5.41, 5.74) is 1.70. The number of imidazole rings is 1. The van der Waals surface area contributed by atoms with Crippen LogP contribution in [0.25, 0.3) is 22.3 Å². The van der Waals surface area contributed by atoms with E-state index in [0.29, 0.717) is 35.1 Å². The van der Waals surface area contributed by atoms with E-state index in [1.165, 1.54) is 19.2 Å². The highest BCUT2D eigenvalue weighted by Crippen LogP contribution is 2.40. The molecule has 0 radical (unpaired) electrons. The maximum atomic E-state index is 13.6. The minimum atomic E-state index is -4.50. The SMILES string of the molecule is COc1c(C#N)ccc2[nH]c(-c3cn4c(n3)[C@@H](c3ccccc3C(F)(F)F)OCC4)cc12. The minimum absolute atomic E-state index is 0.0371. The number of ether oxygens (including phenoxy) is 2. The maximum Gasteiger partial charge on any atom is 0.416 e. The van der Waals surface area contributed by atoms with Crippen LogP contribution in [0.5, 0.6) is 5.75 Å². The number of nitriles is 1. The Bertz CT molecular complexity index is 1360. The number of nitrogens with zero attached hydrogens (tertiary/aromatic N) is 3. The van der Waals surface area contributed by atoms with Crippen LogP contribution in [0.2, 0.25) is 0 Å². The first-order valence-corrected chi connectivity index (χ1v) is 9.85. The Kier molecular flexibility index (Phi) is 4.68. The number of hydrogen-bond donors (Lipinski definition) is 1. The lowest BCUT2D eigenvalue weighted by molar-refractivity contribution is -0.139. The van der Waals surface area contributed by atoms with Gasteiger partial charge in [-0.3, -0.25) is 0 Å². The summed E-state index contributed by atoms with van der Waals surface area (Å²) in [4.78, 5) is 7.88. The summed E-state index contributed by atoms with van der Waals surface area (Å²) in [6.45, 7) is 0.751. The van der Waals surface area contributed by atoms with Crippen molar-refractivity contribution in [3.8, 4) is 23.2 Å². The number of hydrogen-bond acceptors (Lipinski definition) is 4. The summed E-state index contributed by atoms with van der Waals surface area (Å²) in [6, 6.07) is 12.8. The number of fused-ring (bicyclic) bond motifs is 2. The van der Waals surface area contributed by atoms with E-state index in [4.69, 9.17) is 9.47 Å². The molecule has 162 valence electrons. The molecule has 0 spiro atoms. The van der Waals surface area contributed by atoms with Crippen molar-refractivity contribution in [1.29, 1.82) is 5.26 Å². The monoisotopic (exact) mass is 438 g/mol. The van der Waals surface area contributed by atoms with Crippen LogP contribution in [0.3, 0.4) is 0 Å². The van der Waals surface area contributed by atoms with Gasteiger partial charge in [-0.25, -0.2) is 4.98 Å². The van der Waals surface area contributed by atoms with Crippen LogP contribution in [0, 0.1) is 11.3 Å². The molecule has 6 nitrogen and oxygen atoms in total. The highest BCUT2D eigenvalue weighted by atomic mass is 19.4. The summed E-state index contributed by atoms with van der Waals surface area (Å²) in [5, 5.41) is 10.0. The lowest BCUT2D eigenvalue weighted by Crippen LogP contribution is -2.24. The van der Waals surface area contributed by atoms with Gasteiger partial charge in [0.15, 0.2) is 0 Å². The zero-order valence-electron chi connectivity index (χ0n) is 16.9. The molecule has 9 heteroatoms. The lowest BCUT2D eigenvalue weighted by atomic mass is 10.0. The van der Waals surface area contributed by atoms with Gasteiger partial charge in [-0.15, -0.1) is 0 Å². The molecule has 0 amide bonds. The number of halogens is 3. The summed E-state index contributed by atoms with van der Waals surface area (Å²) < 4.78 is 53.7. The summed E-state index contributed by atoms with van der Waals surface area (Å²) in [7, 11) is 1.50. The summed E-state index contributed by atoms with van der Waals surface area (Å²) in [5.74, 6) is 0.864. The van der Waals surface area contributed by atoms with Crippen LogP contribution in [0.1, 0.15) is 28.6 Å². The number of aromatic nitrogens is 3. The quantitative estimate of drug-likeness (QED) is 0.486. The Morgan fingerprint density at radius 2 is 2.06 bits per heavy atom. The van der Waals surface area contributed by atoms with Crippen LogP contribution in [-0.4, -0.2) is 28.3 Å². The van der Waals surface area contributed by atoms with Crippen LogP contribution >= 0.6 is 0 Å². The van der Waals surface area contributed by atoms with Crippen molar-refractivity contribution >= 4 is 10.9 Å². The smallest absolute Gasteiger partial charge is 0.416 e.